The molecule has 2 fully saturated rings. The van der Waals surface area contributed by atoms with Crippen LogP contribution in [0, 0.1) is 11.8 Å². The largest absolute Gasteiger partial charge is 0.329 e. The molecule has 106 valence electrons. The zero-order valence-corrected chi connectivity index (χ0v) is 12.6. The quantitative estimate of drug-likeness (QED) is 0.785. The fraction of sp³-hybridized carbons (Fsp3) is 1.00. The summed E-state index contributed by atoms with van der Waals surface area (Å²) < 4.78 is 0. The number of nitrogens with two attached hydrogens (primary N) is 1. The summed E-state index contributed by atoms with van der Waals surface area (Å²) >= 11 is 0. The van der Waals surface area contributed by atoms with E-state index in [1.54, 1.807) is 0 Å². The van der Waals surface area contributed by atoms with E-state index in [0.717, 1.165) is 24.4 Å². The summed E-state index contributed by atoms with van der Waals surface area (Å²) in [6.07, 6.45) is 9.51. The Kier molecular flexibility index (Phi) is 4.71. The van der Waals surface area contributed by atoms with E-state index in [4.69, 9.17) is 5.73 Å². The summed E-state index contributed by atoms with van der Waals surface area (Å²) in [4.78, 5) is 2.82. The molecule has 2 aliphatic rings. The van der Waals surface area contributed by atoms with E-state index in [2.05, 4.69) is 25.7 Å². The van der Waals surface area contributed by atoms with Crippen molar-refractivity contribution in [1.82, 2.24) is 4.90 Å². The minimum Gasteiger partial charge on any atom is -0.329 e. The highest BCUT2D eigenvalue weighted by Gasteiger charge is 2.46. The molecule has 2 unspecified atom stereocenters. The van der Waals surface area contributed by atoms with Crippen molar-refractivity contribution in [1.29, 1.82) is 0 Å². The maximum atomic E-state index is 6.26. The van der Waals surface area contributed by atoms with Gasteiger partial charge in [-0.25, -0.2) is 0 Å². The molecule has 2 nitrogen and oxygen atoms in total. The van der Waals surface area contributed by atoms with Gasteiger partial charge in [-0.05, 0) is 56.9 Å². The number of unbranched alkanes of at least 4 members (excludes halogenated alkanes) is 1. The first-order valence-corrected chi connectivity index (χ1v) is 8.08. The smallest absolute Gasteiger partial charge is 0.0339 e. The summed E-state index contributed by atoms with van der Waals surface area (Å²) in [6, 6.07) is 0.859. The molecule has 0 aliphatic heterocycles. The molecule has 0 aromatic carbocycles. The SMILES string of the molecule is CCCCN(C1CC1)C1(CN)CC(C)CC(C)C1. The highest BCUT2D eigenvalue weighted by atomic mass is 15.3. The van der Waals surface area contributed by atoms with E-state index in [-0.39, 0.29) is 0 Å². The lowest BCUT2D eigenvalue weighted by Crippen LogP contribution is -2.58. The second-order valence-electron chi connectivity index (χ2n) is 7.06. The average molecular weight is 252 g/mol. The molecule has 0 bridgehead atoms. The summed E-state index contributed by atoms with van der Waals surface area (Å²) in [5, 5.41) is 0. The van der Waals surface area contributed by atoms with Crippen molar-refractivity contribution >= 4 is 0 Å². The van der Waals surface area contributed by atoms with Gasteiger partial charge in [0, 0.05) is 18.1 Å². The van der Waals surface area contributed by atoms with Crippen LogP contribution in [0.5, 0.6) is 0 Å². The molecule has 0 aromatic heterocycles. The van der Waals surface area contributed by atoms with Crippen LogP contribution >= 0.6 is 0 Å². The van der Waals surface area contributed by atoms with Gasteiger partial charge >= 0.3 is 0 Å². The molecule has 2 atom stereocenters. The van der Waals surface area contributed by atoms with Crippen LogP contribution < -0.4 is 5.73 Å². The van der Waals surface area contributed by atoms with Gasteiger partial charge in [-0.2, -0.15) is 0 Å². The Labute approximate surface area is 113 Å². The minimum atomic E-state index is 0.327. The average Bonchev–Trinajstić information content (AvgIpc) is 3.12. The third kappa shape index (κ3) is 3.08. The maximum Gasteiger partial charge on any atom is 0.0339 e. The van der Waals surface area contributed by atoms with Crippen LogP contribution in [-0.2, 0) is 0 Å². The van der Waals surface area contributed by atoms with Gasteiger partial charge in [0.15, 0.2) is 0 Å². The Balaban J connectivity index is 2.11. The molecule has 0 saturated heterocycles. The maximum absolute atomic E-state index is 6.26. The van der Waals surface area contributed by atoms with E-state index in [1.165, 1.54) is 51.5 Å². The second-order valence-corrected chi connectivity index (χ2v) is 7.06. The molecular weight excluding hydrogens is 220 g/mol. The van der Waals surface area contributed by atoms with Gasteiger partial charge in [0.1, 0.15) is 0 Å². The van der Waals surface area contributed by atoms with Crippen LogP contribution in [-0.4, -0.2) is 29.6 Å². The highest BCUT2D eigenvalue weighted by Crippen LogP contribution is 2.44. The predicted octanol–water partition coefficient (Wildman–Crippen LogP) is 3.40. The minimum absolute atomic E-state index is 0.327. The standard InChI is InChI=1S/C16H32N2/c1-4-5-8-18(15-6-7-15)16(12-17)10-13(2)9-14(3)11-16/h13-15H,4-12,17H2,1-3H3. The number of hydrogen-bond acceptors (Lipinski definition) is 2. The van der Waals surface area contributed by atoms with Gasteiger partial charge < -0.3 is 5.73 Å². The van der Waals surface area contributed by atoms with E-state index in [1.807, 2.05) is 0 Å². The zero-order valence-electron chi connectivity index (χ0n) is 12.6. The monoisotopic (exact) mass is 252 g/mol. The predicted molar refractivity (Wildman–Crippen MR) is 78.6 cm³/mol. The molecule has 2 rings (SSSR count). The van der Waals surface area contributed by atoms with Crippen LogP contribution in [0.3, 0.4) is 0 Å². The zero-order chi connectivity index (χ0) is 13.2. The third-order valence-electron chi connectivity index (χ3n) is 4.99. The first kappa shape index (κ1) is 14.3. The molecule has 2 N–H and O–H groups in total. The van der Waals surface area contributed by atoms with Crippen molar-refractivity contribution < 1.29 is 0 Å². The van der Waals surface area contributed by atoms with Crippen molar-refractivity contribution in [2.75, 3.05) is 13.1 Å². The van der Waals surface area contributed by atoms with E-state index < -0.39 is 0 Å². The molecule has 0 spiro atoms. The molecule has 0 heterocycles. The fourth-order valence-corrected chi connectivity index (χ4v) is 4.27. The topological polar surface area (TPSA) is 29.3 Å². The van der Waals surface area contributed by atoms with Crippen LogP contribution in [0.25, 0.3) is 0 Å². The Hall–Kier alpha value is -0.0800. The summed E-state index contributed by atoms with van der Waals surface area (Å²) in [5.41, 5.74) is 6.59. The van der Waals surface area contributed by atoms with Crippen molar-refractivity contribution in [2.45, 2.75) is 77.3 Å². The Morgan fingerprint density at radius 3 is 2.22 bits per heavy atom. The van der Waals surface area contributed by atoms with Crippen LogP contribution in [0.15, 0.2) is 0 Å². The summed E-state index contributed by atoms with van der Waals surface area (Å²) in [7, 11) is 0. The molecular formula is C16H32N2. The number of hydrogen-bond donors (Lipinski definition) is 1. The van der Waals surface area contributed by atoms with E-state index >= 15 is 0 Å². The lowest BCUT2D eigenvalue weighted by Gasteiger charge is -2.50. The first-order chi connectivity index (χ1) is 8.61. The molecule has 0 amide bonds. The highest BCUT2D eigenvalue weighted by molar-refractivity contribution is 5.02. The van der Waals surface area contributed by atoms with Gasteiger partial charge in [-0.15, -0.1) is 0 Å². The van der Waals surface area contributed by atoms with E-state index in [9.17, 15) is 0 Å². The van der Waals surface area contributed by atoms with Crippen molar-refractivity contribution in [3.8, 4) is 0 Å². The molecule has 18 heavy (non-hydrogen) atoms. The molecule has 2 heteroatoms. The molecule has 2 aliphatic carbocycles. The van der Waals surface area contributed by atoms with Gasteiger partial charge in [0.2, 0.25) is 0 Å². The molecule has 2 saturated carbocycles. The van der Waals surface area contributed by atoms with Gasteiger partial charge in [0.05, 0.1) is 0 Å². The first-order valence-electron chi connectivity index (χ1n) is 8.08. The second kappa shape index (κ2) is 5.92. The Bertz CT molecular complexity index is 250. The van der Waals surface area contributed by atoms with Crippen LogP contribution in [0.4, 0.5) is 0 Å². The third-order valence-corrected chi connectivity index (χ3v) is 4.99. The van der Waals surface area contributed by atoms with Crippen LogP contribution in [0.2, 0.25) is 0 Å². The lowest BCUT2D eigenvalue weighted by atomic mass is 9.70. The normalized spacial score (nSPS) is 37.2. The van der Waals surface area contributed by atoms with Gasteiger partial charge in [-0.3, -0.25) is 4.90 Å². The molecule has 0 radical (unpaired) electrons. The van der Waals surface area contributed by atoms with Crippen molar-refractivity contribution in [2.24, 2.45) is 17.6 Å². The molecule has 0 aromatic rings. The van der Waals surface area contributed by atoms with Crippen molar-refractivity contribution in [3.05, 3.63) is 0 Å². The van der Waals surface area contributed by atoms with Crippen molar-refractivity contribution in [3.63, 3.8) is 0 Å². The van der Waals surface area contributed by atoms with Gasteiger partial charge in [-0.1, -0.05) is 27.2 Å². The van der Waals surface area contributed by atoms with Crippen LogP contribution in [0.1, 0.15) is 65.7 Å². The van der Waals surface area contributed by atoms with Gasteiger partial charge in [0.25, 0.3) is 0 Å². The van der Waals surface area contributed by atoms with E-state index in [0.29, 0.717) is 5.54 Å². The summed E-state index contributed by atoms with van der Waals surface area (Å²) in [6.45, 7) is 9.28. The Morgan fingerprint density at radius 2 is 1.78 bits per heavy atom. The Morgan fingerprint density at radius 1 is 1.17 bits per heavy atom. The summed E-state index contributed by atoms with van der Waals surface area (Å²) in [5.74, 6) is 1.69. The lowest BCUT2D eigenvalue weighted by molar-refractivity contribution is 0.0119. The number of rotatable bonds is 6. The number of nitrogens with zero attached hydrogens (tertiary/aromatic N) is 1. The fourth-order valence-electron chi connectivity index (χ4n) is 4.27.